The van der Waals surface area contributed by atoms with Crippen molar-refractivity contribution in [3.8, 4) is 0 Å². The molecule has 1 aliphatic heterocycles. The van der Waals surface area contributed by atoms with E-state index in [0.717, 1.165) is 13.0 Å². The summed E-state index contributed by atoms with van der Waals surface area (Å²) in [5.74, 6) is 0.656. The molecule has 0 aromatic heterocycles. The van der Waals surface area contributed by atoms with Gasteiger partial charge in [0.2, 0.25) is 0 Å². The minimum Gasteiger partial charge on any atom is -0.375 e. The molecule has 1 fully saturated rings. The topological polar surface area (TPSA) is 21.3 Å². The number of hydrogen-bond acceptors (Lipinski definition) is 2. The Morgan fingerprint density at radius 1 is 1.24 bits per heavy atom. The number of benzene rings is 1. The third kappa shape index (κ3) is 5.44. The van der Waals surface area contributed by atoms with Crippen molar-refractivity contribution in [1.82, 2.24) is 5.32 Å². The van der Waals surface area contributed by atoms with Gasteiger partial charge in [0.25, 0.3) is 0 Å². The summed E-state index contributed by atoms with van der Waals surface area (Å²) in [6.07, 6.45) is 5.70. The van der Waals surface area contributed by atoms with E-state index in [1.165, 1.54) is 30.4 Å². The average Bonchev–Trinajstić information content (AvgIpc) is 2.84. The first-order chi connectivity index (χ1) is 10.0. The highest BCUT2D eigenvalue weighted by molar-refractivity contribution is 5.26. The smallest absolute Gasteiger partial charge is 0.0583 e. The second-order valence-corrected chi connectivity index (χ2v) is 6.94. The van der Waals surface area contributed by atoms with Crippen molar-refractivity contribution in [3.63, 3.8) is 0 Å². The molecule has 2 rings (SSSR count). The van der Waals surface area contributed by atoms with E-state index in [4.69, 9.17) is 4.74 Å². The van der Waals surface area contributed by atoms with Gasteiger partial charge in [-0.2, -0.15) is 0 Å². The first-order valence-electron chi connectivity index (χ1n) is 8.48. The summed E-state index contributed by atoms with van der Waals surface area (Å²) in [6.45, 7) is 9.94. The van der Waals surface area contributed by atoms with Crippen LogP contribution in [0.5, 0.6) is 0 Å². The molecule has 118 valence electrons. The molecule has 0 radical (unpaired) electrons. The lowest BCUT2D eigenvalue weighted by molar-refractivity contribution is 0.0406. The Morgan fingerprint density at radius 2 is 2.00 bits per heavy atom. The first kappa shape index (κ1) is 16.5. The molecule has 1 aromatic rings. The fourth-order valence-corrected chi connectivity index (χ4v) is 3.22. The molecule has 3 unspecified atom stereocenters. The zero-order valence-electron chi connectivity index (χ0n) is 14.1. The zero-order valence-corrected chi connectivity index (χ0v) is 14.1. The summed E-state index contributed by atoms with van der Waals surface area (Å²) in [5, 5.41) is 3.61. The highest BCUT2D eigenvalue weighted by Gasteiger charge is 2.25. The maximum absolute atomic E-state index is 6.04. The molecule has 3 atom stereocenters. The molecule has 1 saturated heterocycles. The third-order valence-electron chi connectivity index (χ3n) is 4.50. The van der Waals surface area contributed by atoms with E-state index >= 15 is 0 Å². The Bertz CT molecular complexity index is 429. The predicted octanol–water partition coefficient (Wildman–Crippen LogP) is 4.11. The molecule has 1 heterocycles. The standard InChI is InChI=1S/C19H31NO/c1-14(2)20-13-17(12-19-10-9-16(4)21-19)11-18-8-6-5-7-15(18)3/h5-8,14,16-17,19-20H,9-13H2,1-4H3. The Kier molecular flexibility index (Phi) is 6.25. The zero-order chi connectivity index (χ0) is 15.2. The van der Waals surface area contributed by atoms with E-state index in [0.29, 0.717) is 24.2 Å². The van der Waals surface area contributed by atoms with Crippen molar-refractivity contribution >= 4 is 0 Å². The molecule has 21 heavy (non-hydrogen) atoms. The van der Waals surface area contributed by atoms with Crippen LogP contribution in [0.15, 0.2) is 24.3 Å². The van der Waals surface area contributed by atoms with Crippen molar-refractivity contribution < 1.29 is 4.74 Å². The summed E-state index contributed by atoms with van der Waals surface area (Å²) >= 11 is 0. The van der Waals surface area contributed by atoms with E-state index in [1.807, 2.05) is 0 Å². The van der Waals surface area contributed by atoms with Crippen LogP contribution >= 0.6 is 0 Å². The van der Waals surface area contributed by atoms with Gasteiger partial charge < -0.3 is 10.1 Å². The van der Waals surface area contributed by atoms with E-state index < -0.39 is 0 Å². The van der Waals surface area contributed by atoms with Gasteiger partial charge in [-0.3, -0.25) is 0 Å². The predicted molar refractivity (Wildman–Crippen MR) is 89.7 cm³/mol. The average molecular weight is 289 g/mol. The Balaban J connectivity index is 1.96. The number of ether oxygens (including phenoxy) is 1. The molecule has 0 amide bonds. The molecule has 1 aromatic carbocycles. The summed E-state index contributed by atoms with van der Waals surface area (Å²) < 4.78 is 6.04. The highest BCUT2D eigenvalue weighted by Crippen LogP contribution is 2.26. The Morgan fingerprint density at radius 3 is 2.62 bits per heavy atom. The number of aryl methyl sites for hydroxylation is 1. The fourth-order valence-electron chi connectivity index (χ4n) is 3.22. The van der Waals surface area contributed by atoms with Crippen LogP contribution in [0.2, 0.25) is 0 Å². The van der Waals surface area contributed by atoms with Gasteiger partial charge in [0.05, 0.1) is 12.2 Å². The molecule has 0 aliphatic carbocycles. The molecule has 2 heteroatoms. The lowest BCUT2D eigenvalue weighted by Crippen LogP contribution is -2.32. The van der Waals surface area contributed by atoms with Crippen LogP contribution in [0.1, 0.15) is 51.2 Å². The van der Waals surface area contributed by atoms with E-state index in [2.05, 4.69) is 57.3 Å². The van der Waals surface area contributed by atoms with Gasteiger partial charge in [0.15, 0.2) is 0 Å². The van der Waals surface area contributed by atoms with Crippen molar-refractivity contribution in [2.75, 3.05) is 6.54 Å². The number of nitrogens with one attached hydrogen (secondary N) is 1. The summed E-state index contributed by atoms with van der Waals surface area (Å²) in [6, 6.07) is 9.32. The lowest BCUT2D eigenvalue weighted by Gasteiger charge is -2.23. The van der Waals surface area contributed by atoms with Crippen LogP contribution in [-0.4, -0.2) is 24.8 Å². The maximum Gasteiger partial charge on any atom is 0.0583 e. The maximum atomic E-state index is 6.04. The molecule has 2 nitrogen and oxygen atoms in total. The molecule has 0 saturated carbocycles. The second-order valence-electron chi connectivity index (χ2n) is 6.94. The van der Waals surface area contributed by atoms with E-state index in [1.54, 1.807) is 0 Å². The van der Waals surface area contributed by atoms with E-state index in [-0.39, 0.29) is 0 Å². The van der Waals surface area contributed by atoms with Crippen molar-refractivity contribution in [2.45, 2.75) is 71.6 Å². The van der Waals surface area contributed by atoms with Crippen LogP contribution in [0, 0.1) is 12.8 Å². The van der Waals surface area contributed by atoms with Gasteiger partial charge in [-0.1, -0.05) is 38.1 Å². The van der Waals surface area contributed by atoms with E-state index in [9.17, 15) is 0 Å². The Labute approximate surface area is 130 Å². The molecular formula is C19H31NO. The third-order valence-corrected chi connectivity index (χ3v) is 4.50. The molecule has 1 N–H and O–H groups in total. The van der Waals surface area contributed by atoms with Crippen LogP contribution in [0.3, 0.4) is 0 Å². The molecule has 0 bridgehead atoms. The van der Waals surface area contributed by atoms with Gasteiger partial charge in [0, 0.05) is 6.04 Å². The van der Waals surface area contributed by atoms with Gasteiger partial charge in [-0.15, -0.1) is 0 Å². The second kappa shape index (κ2) is 7.95. The minimum atomic E-state index is 0.451. The van der Waals surface area contributed by atoms with Gasteiger partial charge in [0.1, 0.15) is 0 Å². The largest absolute Gasteiger partial charge is 0.375 e. The number of rotatable bonds is 7. The summed E-state index contributed by atoms with van der Waals surface area (Å²) in [5.41, 5.74) is 2.90. The summed E-state index contributed by atoms with van der Waals surface area (Å²) in [7, 11) is 0. The van der Waals surface area contributed by atoms with Gasteiger partial charge in [-0.05, 0) is 63.1 Å². The SMILES string of the molecule is Cc1ccccc1CC(CNC(C)C)CC1CCC(C)O1. The Hall–Kier alpha value is -0.860. The van der Waals surface area contributed by atoms with Gasteiger partial charge in [-0.25, -0.2) is 0 Å². The number of hydrogen-bond donors (Lipinski definition) is 1. The fraction of sp³-hybridized carbons (Fsp3) is 0.684. The monoisotopic (exact) mass is 289 g/mol. The summed E-state index contributed by atoms with van der Waals surface area (Å²) in [4.78, 5) is 0. The highest BCUT2D eigenvalue weighted by atomic mass is 16.5. The molecule has 1 aliphatic rings. The van der Waals surface area contributed by atoms with Crippen LogP contribution in [-0.2, 0) is 11.2 Å². The first-order valence-corrected chi connectivity index (χ1v) is 8.48. The van der Waals surface area contributed by atoms with Crippen LogP contribution < -0.4 is 5.32 Å². The van der Waals surface area contributed by atoms with Crippen molar-refractivity contribution in [1.29, 1.82) is 0 Å². The molecule has 0 spiro atoms. The molecular weight excluding hydrogens is 258 g/mol. The quantitative estimate of drug-likeness (QED) is 0.815. The normalized spacial score (nSPS) is 23.7. The van der Waals surface area contributed by atoms with Crippen molar-refractivity contribution in [2.24, 2.45) is 5.92 Å². The van der Waals surface area contributed by atoms with Crippen molar-refractivity contribution in [3.05, 3.63) is 35.4 Å². The van der Waals surface area contributed by atoms with Crippen LogP contribution in [0.4, 0.5) is 0 Å². The van der Waals surface area contributed by atoms with Gasteiger partial charge >= 0.3 is 0 Å². The minimum absolute atomic E-state index is 0.451. The van der Waals surface area contributed by atoms with Crippen LogP contribution in [0.25, 0.3) is 0 Å². The lowest BCUT2D eigenvalue weighted by atomic mass is 9.90.